The summed E-state index contributed by atoms with van der Waals surface area (Å²) in [6.07, 6.45) is 4.01. The fraction of sp³-hybridized carbons (Fsp3) is 0.417. The molecule has 0 spiro atoms. The molecule has 5 nitrogen and oxygen atoms in total. The van der Waals surface area contributed by atoms with Gasteiger partial charge in [-0.25, -0.2) is 0 Å². The lowest BCUT2D eigenvalue weighted by Gasteiger charge is -2.31. The highest BCUT2D eigenvalue weighted by Gasteiger charge is 2.32. The second kappa shape index (κ2) is 5.58. The second-order valence-electron chi connectivity index (χ2n) is 4.17. The molecule has 0 aliphatic carbocycles. The van der Waals surface area contributed by atoms with Gasteiger partial charge in [-0.05, 0) is 34.0 Å². The molecule has 0 aromatic carbocycles. The van der Waals surface area contributed by atoms with Gasteiger partial charge >= 0.3 is 0 Å². The van der Waals surface area contributed by atoms with Crippen molar-refractivity contribution in [2.45, 2.75) is 25.9 Å². The molecule has 1 aliphatic rings. The number of hydrogen-bond acceptors (Lipinski definition) is 4. The van der Waals surface area contributed by atoms with E-state index >= 15 is 0 Å². The van der Waals surface area contributed by atoms with E-state index in [4.69, 9.17) is 0 Å². The Morgan fingerprint density at radius 3 is 2.94 bits per heavy atom. The molecule has 18 heavy (non-hydrogen) atoms. The van der Waals surface area contributed by atoms with Crippen LogP contribution in [0.2, 0.25) is 0 Å². The minimum absolute atomic E-state index is 0.159. The van der Waals surface area contributed by atoms with Crippen LogP contribution in [0.3, 0.4) is 0 Å². The number of amides is 2. The topological polar surface area (TPSA) is 62.3 Å². The van der Waals surface area contributed by atoms with Gasteiger partial charge in [0.15, 0.2) is 0 Å². The second-order valence-corrected chi connectivity index (χ2v) is 5.09. The smallest absolute Gasteiger partial charge is 0.246 e. The van der Waals surface area contributed by atoms with Gasteiger partial charge in [-0.2, -0.15) is 0 Å². The molecule has 1 saturated heterocycles. The first-order valence-corrected chi connectivity index (χ1v) is 6.58. The zero-order valence-electron chi connectivity index (χ0n) is 10.0. The first-order valence-electron chi connectivity index (χ1n) is 5.79. The molecule has 2 heterocycles. The monoisotopic (exact) mass is 311 g/mol. The summed E-state index contributed by atoms with van der Waals surface area (Å²) in [7, 11) is 0. The van der Waals surface area contributed by atoms with E-state index in [9.17, 15) is 9.59 Å². The van der Waals surface area contributed by atoms with Crippen molar-refractivity contribution in [2.24, 2.45) is 0 Å². The van der Waals surface area contributed by atoms with Crippen molar-refractivity contribution in [1.29, 1.82) is 0 Å². The highest BCUT2D eigenvalue weighted by molar-refractivity contribution is 9.10. The number of nitrogens with zero attached hydrogens (tertiary/aromatic N) is 2. The Morgan fingerprint density at radius 1 is 1.50 bits per heavy atom. The van der Waals surface area contributed by atoms with E-state index in [-0.39, 0.29) is 30.9 Å². The van der Waals surface area contributed by atoms with Crippen molar-refractivity contribution in [3.05, 3.63) is 28.5 Å². The van der Waals surface area contributed by atoms with Gasteiger partial charge in [0.05, 0.1) is 19.1 Å². The molecule has 1 unspecified atom stereocenters. The Morgan fingerprint density at radius 2 is 2.28 bits per heavy atom. The molecular weight excluding hydrogens is 298 g/mol. The summed E-state index contributed by atoms with van der Waals surface area (Å²) in [5, 5.41) is 2.93. The summed E-state index contributed by atoms with van der Waals surface area (Å²) in [6, 6.07) is 1.60. The first-order chi connectivity index (χ1) is 8.61. The third kappa shape index (κ3) is 2.76. The minimum Gasteiger partial charge on any atom is -0.297 e. The Balaban J connectivity index is 2.15. The molecule has 1 aromatic rings. The predicted molar refractivity (Wildman–Crippen MR) is 69.6 cm³/mol. The summed E-state index contributed by atoms with van der Waals surface area (Å²) in [5.41, 5.74) is 0.836. The van der Waals surface area contributed by atoms with E-state index in [2.05, 4.69) is 26.2 Å². The number of pyridine rings is 1. The molecule has 1 aromatic heterocycles. The standard InChI is InChI=1S/C12H14BrN3O2/c1-2-10-12(18)16(11(17)6-15-10)7-8-3-9(13)5-14-4-8/h3-5,10,15H,2,6-7H2,1H3. The molecule has 1 N–H and O–H groups in total. The Labute approximate surface area is 114 Å². The summed E-state index contributed by atoms with van der Waals surface area (Å²) in [6.45, 7) is 2.41. The molecule has 1 fully saturated rings. The molecule has 1 aliphatic heterocycles. The maximum Gasteiger partial charge on any atom is 0.246 e. The third-order valence-electron chi connectivity index (χ3n) is 2.88. The summed E-state index contributed by atoms with van der Waals surface area (Å²) < 4.78 is 0.835. The van der Waals surface area contributed by atoms with Gasteiger partial charge in [0.1, 0.15) is 0 Å². The van der Waals surface area contributed by atoms with Crippen LogP contribution in [0.1, 0.15) is 18.9 Å². The molecule has 0 bridgehead atoms. The fourth-order valence-corrected chi connectivity index (χ4v) is 2.33. The molecule has 0 saturated carbocycles. The number of piperazine rings is 1. The number of halogens is 1. The van der Waals surface area contributed by atoms with Gasteiger partial charge in [-0.1, -0.05) is 6.92 Å². The lowest BCUT2D eigenvalue weighted by atomic mass is 10.1. The Hall–Kier alpha value is -1.27. The zero-order valence-corrected chi connectivity index (χ0v) is 11.6. The van der Waals surface area contributed by atoms with Crippen molar-refractivity contribution >= 4 is 27.7 Å². The van der Waals surface area contributed by atoms with Crippen molar-refractivity contribution in [2.75, 3.05) is 6.54 Å². The van der Waals surface area contributed by atoms with E-state index in [0.29, 0.717) is 6.42 Å². The highest BCUT2D eigenvalue weighted by Crippen LogP contribution is 2.14. The van der Waals surface area contributed by atoms with Gasteiger partial charge < -0.3 is 0 Å². The van der Waals surface area contributed by atoms with Crippen LogP contribution in [0.5, 0.6) is 0 Å². The number of carbonyl (C=O) groups is 2. The number of rotatable bonds is 3. The summed E-state index contributed by atoms with van der Waals surface area (Å²) in [4.78, 5) is 29.2. The van der Waals surface area contributed by atoms with Crippen LogP contribution in [0.15, 0.2) is 22.9 Å². The van der Waals surface area contributed by atoms with Crippen molar-refractivity contribution in [3.63, 3.8) is 0 Å². The SMILES string of the molecule is CCC1NCC(=O)N(Cc2cncc(Br)c2)C1=O. The van der Waals surface area contributed by atoms with Crippen LogP contribution >= 0.6 is 15.9 Å². The highest BCUT2D eigenvalue weighted by atomic mass is 79.9. The van der Waals surface area contributed by atoms with Gasteiger partial charge in [0.25, 0.3) is 0 Å². The molecule has 2 amide bonds. The third-order valence-corrected chi connectivity index (χ3v) is 3.31. The number of aromatic nitrogens is 1. The van der Waals surface area contributed by atoms with Gasteiger partial charge in [-0.3, -0.25) is 24.8 Å². The maximum absolute atomic E-state index is 12.1. The van der Waals surface area contributed by atoms with Crippen LogP contribution in [0.25, 0.3) is 0 Å². The largest absolute Gasteiger partial charge is 0.297 e. The molecule has 1 atom stereocenters. The van der Waals surface area contributed by atoms with Crippen LogP contribution in [0.4, 0.5) is 0 Å². The van der Waals surface area contributed by atoms with E-state index in [1.807, 2.05) is 13.0 Å². The normalized spacial score (nSPS) is 20.3. The summed E-state index contributed by atoms with van der Waals surface area (Å²) in [5.74, 6) is -0.349. The predicted octanol–water partition coefficient (Wildman–Crippen LogP) is 1.08. The number of carbonyl (C=O) groups excluding carboxylic acids is 2. The Bertz CT molecular complexity index is 478. The molecule has 2 rings (SSSR count). The van der Waals surface area contributed by atoms with E-state index < -0.39 is 0 Å². The van der Waals surface area contributed by atoms with Crippen LogP contribution in [-0.4, -0.2) is 34.3 Å². The molecule has 96 valence electrons. The maximum atomic E-state index is 12.1. The van der Waals surface area contributed by atoms with E-state index in [1.54, 1.807) is 12.4 Å². The van der Waals surface area contributed by atoms with Gasteiger partial charge in [0.2, 0.25) is 11.8 Å². The Kier molecular flexibility index (Phi) is 4.08. The number of nitrogens with one attached hydrogen (secondary N) is 1. The van der Waals surface area contributed by atoms with Crippen LogP contribution < -0.4 is 5.32 Å². The van der Waals surface area contributed by atoms with Crippen molar-refractivity contribution in [1.82, 2.24) is 15.2 Å². The van der Waals surface area contributed by atoms with Crippen molar-refractivity contribution < 1.29 is 9.59 Å². The average Bonchev–Trinajstić information content (AvgIpc) is 2.35. The number of imide groups is 1. The van der Waals surface area contributed by atoms with Crippen LogP contribution in [0, 0.1) is 0 Å². The quantitative estimate of drug-likeness (QED) is 0.849. The minimum atomic E-state index is -0.261. The molecule has 0 radical (unpaired) electrons. The fourth-order valence-electron chi connectivity index (χ4n) is 1.91. The molecular formula is C12H14BrN3O2. The lowest BCUT2D eigenvalue weighted by molar-refractivity contribution is -0.150. The lowest BCUT2D eigenvalue weighted by Crippen LogP contribution is -2.57. The number of hydrogen-bond donors (Lipinski definition) is 1. The zero-order chi connectivity index (χ0) is 13.1. The summed E-state index contributed by atoms with van der Waals surface area (Å²) >= 11 is 3.32. The first kappa shape index (κ1) is 13.2. The average molecular weight is 312 g/mol. The van der Waals surface area contributed by atoms with Crippen LogP contribution in [-0.2, 0) is 16.1 Å². The van der Waals surface area contributed by atoms with E-state index in [0.717, 1.165) is 10.0 Å². The molecule has 6 heteroatoms. The van der Waals surface area contributed by atoms with Gasteiger partial charge in [0, 0.05) is 16.9 Å². The van der Waals surface area contributed by atoms with E-state index in [1.165, 1.54) is 4.90 Å². The van der Waals surface area contributed by atoms with Crippen molar-refractivity contribution in [3.8, 4) is 0 Å². The van der Waals surface area contributed by atoms with Gasteiger partial charge in [-0.15, -0.1) is 0 Å².